The first-order valence-electron chi connectivity index (χ1n) is 5.29. The summed E-state index contributed by atoms with van der Waals surface area (Å²) in [6, 6.07) is 0. The fraction of sp³-hybridized carbons (Fsp3) is 0.727. The highest BCUT2D eigenvalue weighted by molar-refractivity contribution is 5.72. The van der Waals surface area contributed by atoms with Crippen LogP contribution in [0.5, 0.6) is 0 Å². The van der Waals surface area contributed by atoms with Crippen molar-refractivity contribution in [3.05, 3.63) is 12.7 Å². The molecule has 1 saturated carbocycles. The molecule has 1 rings (SSSR count). The van der Waals surface area contributed by atoms with E-state index in [0.717, 1.165) is 0 Å². The lowest BCUT2D eigenvalue weighted by Crippen LogP contribution is -2.31. The van der Waals surface area contributed by atoms with Crippen molar-refractivity contribution in [2.75, 3.05) is 6.61 Å². The zero-order chi connectivity index (χ0) is 12.2. The number of carbonyl (C=O) groups is 1. The minimum absolute atomic E-state index is 0.0252. The summed E-state index contributed by atoms with van der Waals surface area (Å²) >= 11 is 0. The van der Waals surface area contributed by atoms with Crippen molar-refractivity contribution in [1.82, 2.24) is 0 Å². The average molecular weight is 236 g/mol. The topological polar surface area (TPSA) is 26.3 Å². The molecule has 0 radical (unpaired) electrons. The lowest BCUT2D eigenvalue weighted by atomic mass is 9.82. The van der Waals surface area contributed by atoms with Crippen LogP contribution in [0.3, 0.4) is 0 Å². The van der Waals surface area contributed by atoms with Crippen molar-refractivity contribution in [2.45, 2.75) is 31.9 Å². The van der Waals surface area contributed by atoms with Gasteiger partial charge in [0.05, 0.1) is 11.8 Å². The van der Waals surface area contributed by atoms with Crippen LogP contribution in [-0.4, -0.2) is 18.8 Å². The molecular formula is C11H15F3O2. The van der Waals surface area contributed by atoms with Crippen LogP contribution in [0.1, 0.15) is 25.7 Å². The van der Waals surface area contributed by atoms with Gasteiger partial charge in [0, 0.05) is 0 Å². The third kappa shape index (κ3) is 3.54. The van der Waals surface area contributed by atoms with Crippen molar-refractivity contribution >= 4 is 5.97 Å². The summed E-state index contributed by atoms with van der Waals surface area (Å²) in [5.41, 5.74) is 0. The van der Waals surface area contributed by atoms with Crippen molar-refractivity contribution in [2.24, 2.45) is 11.8 Å². The first-order valence-corrected chi connectivity index (χ1v) is 5.29. The predicted octanol–water partition coefficient (Wildman–Crippen LogP) is 3.08. The van der Waals surface area contributed by atoms with E-state index in [0.29, 0.717) is 0 Å². The molecule has 0 saturated heterocycles. The van der Waals surface area contributed by atoms with Crippen molar-refractivity contribution in [3.63, 3.8) is 0 Å². The molecule has 0 atom stereocenters. The van der Waals surface area contributed by atoms with Crippen molar-refractivity contribution in [3.8, 4) is 0 Å². The van der Waals surface area contributed by atoms with Gasteiger partial charge in [-0.05, 0) is 25.7 Å². The third-order valence-corrected chi connectivity index (χ3v) is 2.87. The summed E-state index contributed by atoms with van der Waals surface area (Å²) in [6.45, 7) is 3.52. The Hall–Kier alpha value is -1.00. The number of esters is 1. The van der Waals surface area contributed by atoms with Gasteiger partial charge < -0.3 is 4.74 Å². The fourth-order valence-corrected chi connectivity index (χ4v) is 1.92. The van der Waals surface area contributed by atoms with Crippen molar-refractivity contribution < 1.29 is 22.7 Å². The maximum Gasteiger partial charge on any atom is 0.391 e. The Kier molecular flexibility index (Phi) is 4.38. The van der Waals surface area contributed by atoms with Crippen LogP contribution in [0.15, 0.2) is 12.7 Å². The molecule has 0 spiro atoms. The van der Waals surface area contributed by atoms with E-state index in [4.69, 9.17) is 4.74 Å². The van der Waals surface area contributed by atoms with Gasteiger partial charge in [-0.1, -0.05) is 12.7 Å². The first-order chi connectivity index (χ1) is 7.45. The van der Waals surface area contributed by atoms with E-state index in [1.165, 1.54) is 6.08 Å². The molecule has 0 unspecified atom stereocenters. The summed E-state index contributed by atoms with van der Waals surface area (Å²) in [7, 11) is 0. The molecule has 16 heavy (non-hydrogen) atoms. The second-order valence-corrected chi connectivity index (χ2v) is 4.01. The molecule has 0 N–H and O–H groups in total. The van der Waals surface area contributed by atoms with Crippen LogP contribution in [0.4, 0.5) is 13.2 Å². The minimum atomic E-state index is -4.13. The van der Waals surface area contributed by atoms with E-state index < -0.39 is 18.1 Å². The van der Waals surface area contributed by atoms with E-state index in [1.807, 2.05) is 0 Å². The van der Waals surface area contributed by atoms with Crippen LogP contribution in [0.2, 0.25) is 0 Å². The van der Waals surface area contributed by atoms with E-state index in [1.54, 1.807) is 0 Å². The first kappa shape index (κ1) is 13.1. The number of alkyl halides is 3. The molecule has 2 nitrogen and oxygen atoms in total. The Labute approximate surface area is 92.5 Å². The number of rotatable bonds is 3. The molecule has 0 heterocycles. The van der Waals surface area contributed by atoms with E-state index in [2.05, 4.69) is 6.58 Å². The van der Waals surface area contributed by atoms with Crippen LogP contribution in [-0.2, 0) is 9.53 Å². The predicted molar refractivity (Wildman–Crippen MR) is 52.7 cm³/mol. The zero-order valence-electron chi connectivity index (χ0n) is 8.93. The highest BCUT2D eigenvalue weighted by Gasteiger charge is 2.42. The second-order valence-electron chi connectivity index (χ2n) is 4.01. The highest BCUT2D eigenvalue weighted by Crippen LogP contribution is 2.39. The highest BCUT2D eigenvalue weighted by atomic mass is 19.4. The number of hydrogen-bond acceptors (Lipinski definition) is 2. The normalized spacial score (nSPS) is 26.2. The largest absolute Gasteiger partial charge is 0.461 e. The molecule has 0 aliphatic heterocycles. The number of hydrogen-bond donors (Lipinski definition) is 0. The number of halogens is 3. The molecular weight excluding hydrogens is 221 g/mol. The lowest BCUT2D eigenvalue weighted by Gasteiger charge is -2.28. The summed E-state index contributed by atoms with van der Waals surface area (Å²) in [5, 5.41) is 0. The Bertz CT molecular complexity index is 252. The lowest BCUT2D eigenvalue weighted by molar-refractivity contribution is -0.186. The Morgan fingerprint density at radius 3 is 2.31 bits per heavy atom. The zero-order valence-corrected chi connectivity index (χ0v) is 8.93. The summed E-state index contributed by atoms with van der Waals surface area (Å²) in [6.07, 6.45) is -2.11. The molecule has 1 aliphatic rings. The van der Waals surface area contributed by atoms with Crippen LogP contribution in [0, 0.1) is 11.8 Å². The fourth-order valence-electron chi connectivity index (χ4n) is 1.92. The summed E-state index contributed by atoms with van der Waals surface area (Å²) in [5.74, 6) is -2.03. The van der Waals surface area contributed by atoms with Gasteiger partial charge in [-0.2, -0.15) is 13.2 Å². The quantitative estimate of drug-likeness (QED) is 0.556. The van der Waals surface area contributed by atoms with Gasteiger partial charge in [-0.3, -0.25) is 4.79 Å². The minimum Gasteiger partial charge on any atom is -0.461 e. The molecule has 1 aliphatic carbocycles. The molecule has 1 fully saturated rings. The van der Waals surface area contributed by atoms with E-state index in [9.17, 15) is 18.0 Å². The van der Waals surface area contributed by atoms with Crippen LogP contribution < -0.4 is 0 Å². The molecule has 0 bridgehead atoms. The van der Waals surface area contributed by atoms with Gasteiger partial charge in [0.2, 0.25) is 0 Å². The average Bonchev–Trinajstić information content (AvgIpc) is 2.25. The van der Waals surface area contributed by atoms with Crippen molar-refractivity contribution in [1.29, 1.82) is 0 Å². The van der Waals surface area contributed by atoms with Gasteiger partial charge >= 0.3 is 12.1 Å². The van der Waals surface area contributed by atoms with Crippen LogP contribution in [0.25, 0.3) is 0 Å². The smallest absolute Gasteiger partial charge is 0.391 e. The number of ether oxygens (including phenoxy) is 1. The SMILES string of the molecule is C=CCOC(=O)C1CCC(C(F)(F)F)CC1. The Balaban J connectivity index is 2.37. The van der Waals surface area contributed by atoms with E-state index >= 15 is 0 Å². The van der Waals surface area contributed by atoms with Gasteiger partial charge in [0.25, 0.3) is 0 Å². The van der Waals surface area contributed by atoms with Gasteiger partial charge in [-0.25, -0.2) is 0 Å². The molecule has 0 amide bonds. The monoisotopic (exact) mass is 236 g/mol. The second kappa shape index (κ2) is 5.37. The summed E-state index contributed by atoms with van der Waals surface area (Å²) in [4.78, 5) is 11.4. The molecule has 0 aromatic rings. The Morgan fingerprint density at radius 2 is 1.88 bits per heavy atom. The molecule has 5 heteroatoms. The number of carbonyl (C=O) groups excluding carboxylic acids is 1. The maximum absolute atomic E-state index is 12.3. The Morgan fingerprint density at radius 1 is 1.31 bits per heavy atom. The summed E-state index contributed by atoms with van der Waals surface area (Å²) < 4.78 is 41.8. The van der Waals surface area contributed by atoms with Gasteiger partial charge in [-0.15, -0.1) is 0 Å². The third-order valence-electron chi connectivity index (χ3n) is 2.87. The molecule has 92 valence electrons. The molecule has 0 aromatic heterocycles. The maximum atomic E-state index is 12.3. The molecule has 0 aromatic carbocycles. The van der Waals surface area contributed by atoms with Gasteiger partial charge in [0.15, 0.2) is 0 Å². The standard InChI is InChI=1S/C11H15F3O2/c1-2-7-16-10(15)8-3-5-9(6-4-8)11(12,13)14/h2,8-9H,1,3-7H2. The van der Waals surface area contributed by atoms with Gasteiger partial charge in [0.1, 0.15) is 6.61 Å². The van der Waals surface area contributed by atoms with Crippen LogP contribution >= 0.6 is 0 Å². The van der Waals surface area contributed by atoms with E-state index in [-0.39, 0.29) is 38.2 Å².